The van der Waals surface area contributed by atoms with Gasteiger partial charge in [0.1, 0.15) is 0 Å². The van der Waals surface area contributed by atoms with E-state index in [2.05, 4.69) is 427 Å². The fourth-order valence-corrected chi connectivity index (χ4v) is 14.4. The molecule has 2 aromatic heterocycles. The summed E-state index contributed by atoms with van der Waals surface area (Å²) in [6, 6.07) is 117. The predicted octanol–water partition coefficient (Wildman–Crippen LogP) is 27.0. The molecule has 494 valence electrons. The number of benzene rings is 13. The molecule has 2 heterocycles. The molecule has 0 atom stereocenters. The second kappa shape index (κ2) is 25.5. The van der Waals surface area contributed by atoms with E-state index in [-0.39, 0.29) is 21.7 Å². The highest BCUT2D eigenvalue weighted by Crippen LogP contribution is 2.49. The van der Waals surface area contributed by atoms with Crippen molar-refractivity contribution in [3.05, 3.63) is 338 Å². The number of hydrogen-bond acceptors (Lipinski definition) is 4. The number of para-hydroxylation sites is 6. The third kappa shape index (κ3) is 12.4. The molecule has 0 saturated carbocycles. The predicted molar refractivity (Wildman–Crippen MR) is 429 cm³/mol. The molecular weight excluding hydrogens is 1210 g/mol. The van der Waals surface area contributed by atoms with Crippen LogP contribution in [0.15, 0.2) is 315 Å². The Morgan fingerprint density at radius 3 is 0.580 bits per heavy atom. The van der Waals surface area contributed by atoms with Gasteiger partial charge < -0.3 is 28.7 Å². The van der Waals surface area contributed by atoms with Crippen molar-refractivity contribution in [1.82, 2.24) is 9.13 Å². The summed E-state index contributed by atoms with van der Waals surface area (Å²) in [5.41, 5.74) is 23.9. The van der Waals surface area contributed by atoms with Crippen molar-refractivity contribution in [3.63, 3.8) is 0 Å². The number of aromatic nitrogens is 2. The molecule has 0 fully saturated rings. The van der Waals surface area contributed by atoms with Crippen molar-refractivity contribution >= 4 is 112 Å². The third-order valence-electron chi connectivity index (χ3n) is 19.8. The van der Waals surface area contributed by atoms with E-state index in [1.807, 2.05) is 0 Å². The van der Waals surface area contributed by atoms with Crippen molar-refractivity contribution in [2.24, 2.45) is 0 Å². The highest BCUT2D eigenvalue weighted by molar-refractivity contribution is 6.11. The maximum atomic E-state index is 2.50. The molecule has 15 rings (SSSR count). The maximum Gasteiger partial charge on any atom is 0.0541 e. The van der Waals surface area contributed by atoms with Gasteiger partial charge in [-0.25, -0.2) is 0 Å². The smallest absolute Gasteiger partial charge is 0.0541 e. The van der Waals surface area contributed by atoms with Gasteiger partial charge in [0, 0.05) is 67.0 Å². The summed E-state index contributed by atoms with van der Waals surface area (Å²) in [7, 11) is 0. The van der Waals surface area contributed by atoms with Gasteiger partial charge in [-0.3, -0.25) is 0 Å². The Kier molecular flexibility index (Phi) is 16.5. The van der Waals surface area contributed by atoms with Crippen LogP contribution < -0.4 is 19.6 Å². The van der Waals surface area contributed by atoms with Crippen molar-refractivity contribution in [2.75, 3.05) is 19.6 Å². The first-order valence-corrected chi connectivity index (χ1v) is 35.2. The first-order valence-electron chi connectivity index (χ1n) is 35.2. The molecule has 13 aromatic carbocycles. The molecule has 0 unspecified atom stereocenters. The molecule has 0 aliphatic rings. The maximum absolute atomic E-state index is 2.50. The van der Waals surface area contributed by atoms with Crippen LogP contribution in [-0.2, 0) is 21.7 Å². The number of anilines is 12. The van der Waals surface area contributed by atoms with Gasteiger partial charge in [0.05, 0.1) is 56.2 Å². The molecular formula is C94H88N6. The van der Waals surface area contributed by atoms with Crippen LogP contribution in [0.3, 0.4) is 0 Å². The standard InChI is InChI=1S/C94H88N6/c1-91(2,3)65-46-50-87-83(54-65)84-55-66(92(4,5)6)47-51-88(84)99(87)81-61-77(95(69-32-19-13-20-33-69)70-34-21-14-22-35-70)59-79(63-81)97(73-40-27-17-28-41-73)75-44-31-45-76(58-75)98(74-42-29-18-30-43-74)80-60-78(96(71-36-23-15-24-37-71)72-38-25-16-26-39-72)62-82(64-80)100-89-52-48-67(93(7,8)9)56-85(89)86-57-68(94(10,11)12)49-53-90(86)100/h13-64H,1-12H3. The normalized spacial score (nSPS) is 12.2. The lowest BCUT2D eigenvalue weighted by molar-refractivity contribution is 0.590. The molecule has 0 radical (unpaired) electrons. The average molecular weight is 1300 g/mol. The molecule has 6 nitrogen and oxygen atoms in total. The van der Waals surface area contributed by atoms with E-state index >= 15 is 0 Å². The number of rotatable bonds is 14. The first kappa shape index (κ1) is 64.6. The SMILES string of the molecule is CC(C)(C)c1ccc2c(c1)c1cc(C(C)(C)C)ccc1n2-c1cc(N(c2ccccc2)c2ccccc2)cc(N(c2ccccc2)c2cccc(N(c3ccccc3)c3cc(N(c4ccccc4)c4ccccc4)cc(-n4c5ccc(C(C)(C)C)cc5c5cc(C(C)(C)C)ccc54)c3)c2)c1. The fraction of sp³-hybridized carbons (Fsp3) is 0.170. The van der Waals surface area contributed by atoms with E-state index in [4.69, 9.17) is 0 Å². The molecule has 15 aromatic rings. The molecule has 0 bridgehead atoms. The lowest BCUT2D eigenvalue weighted by Gasteiger charge is -2.32. The van der Waals surface area contributed by atoms with Gasteiger partial charge in [0.25, 0.3) is 0 Å². The van der Waals surface area contributed by atoms with E-state index < -0.39 is 0 Å². The molecule has 0 saturated heterocycles. The first-order chi connectivity index (χ1) is 48.1. The Morgan fingerprint density at radius 2 is 0.370 bits per heavy atom. The zero-order valence-electron chi connectivity index (χ0n) is 59.7. The monoisotopic (exact) mass is 1300 g/mol. The minimum absolute atomic E-state index is 0.0559. The van der Waals surface area contributed by atoms with Crippen LogP contribution in [0.4, 0.5) is 68.2 Å². The summed E-state index contributed by atoms with van der Waals surface area (Å²) >= 11 is 0. The second-order valence-corrected chi connectivity index (χ2v) is 30.9. The number of fused-ring (bicyclic) bond motifs is 6. The Morgan fingerprint density at radius 1 is 0.180 bits per heavy atom. The molecule has 6 heteroatoms. The van der Waals surface area contributed by atoms with Gasteiger partial charge in [-0.05, 0) is 220 Å². The molecule has 100 heavy (non-hydrogen) atoms. The average Bonchev–Trinajstić information content (AvgIpc) is 1.57. The van der Waals surface area contributed by atoms with Crippen molar-refractivity contribution in [2.45, 2.75) is 105 Å². The van der Waals surface area contributed by atoms with Crippen molar-refractivity contribution in [1.29, 1.82) is 0 Å². The highest BCUT2D eigenvalue weighted by atomic mass is 15.2. The van der Waals surface area contributed by atoms with Crippen LogP contribution in [0.2, 0.25) is 0 Å². The lowest BCUT2D eigenvalue weighted by Crippen LogP contribution is -2.16. The Labute approximate surface area is 590 Å². The van der Waals surface area contributed by atoms with E-state index in [1.165, 1.54) is 43.8 Å². The topological polar surface area (TPSA) is 22.8 Å². The summed E-state index contributed by atoms with van der Waals surface area (Å²) in [6.07, 6.45) is 0. The van der Waals surface area contributed by atoms with Gasteiger partial charge in [0.2, 0.25) is 0 Å². The van der Waals surface area contributed by atoms with Crippen molar-refractivity contribution in [3.8, 4) is 11.4 Å². The van der Waals surface area contributed by atoms with Crippen LogP contribution in [-0.4, -0.2) is 9.13 Å². The quantitative estimate of drug-likeness (QED) is 0.108. The highest BCUT2D eigenvalue weighted by Gasteiger charge is 2.28. The minimum Gasteiger partial charge on any atom is -0.310 e. The molecule has 0 N–H and O–H groups in total. The largest absolute Gasteiger partial charge is 0.310 e. The fourth-order valence-electron chi connectivity index (χ4n) is 14.4. The molecule has 0 aliphatic heterocycles. The zero-order valence-corrected chi connectivity index (χ0v) is 59.7. The van der Waals surface area contributed by atoms with Crippen LogP contribution in [0.25, 0.3) is 55.0 Å². The van der Waals surface area contributed by atoms with Gasteiger partial charge in [0.15, 0.2) is 0 Å². The molecule has 0 spiro atoms. The zero-order chi connectivity index (χ0) is 69.2. The molecule has 0 aliphatic carbocycles. The van der Waals surface area contributed by atoms with E-state index in [1.54, 1.807) is 0 Å². The number of hydrogen-bond donors (Lipinski definition) is 0. The van der Waals surface area contributed by atoms with Crippen LogP contribution in [0.5, 0.6) is 0 Å². The Bertz CT molecular complexity index is 4890. The Hall–Kier alpha value is -11.3. The second-order valence-electron chi connectivity index (χ2n) is 30.9. The van der Waals surface area contributed by atoms with E-state index in [0.29, 0.717) is 0 Å². The van der Waals surface area contributed by atoms with Crippen LogP contribution >= 0.6 is 0 Å². The van der Waals surface area contributed by atoms with Crippen LogP contribution in [0.1, 0.15) is 105 Å². The van der Waals surface area contributed by atoms with Gasteiger partial charge in [-0.1, -0.05) is 223 Å². The summed E-state index contributed by atoms with van der Waals surface area (Å²) in [6.45, 7) is 27.8. The van der Waals surface area contributed by atoms with Gasteiger partial charge in [-0.2, -0.15) is 0 Å². The number of nitrogens with zero attached hydrogens (tertiary/aromatic N) is 6. The van der Waals surface area contributed by atoms with Gasteiger partial charge in [-0.15, -0.1) is 0 Å². The summed E-state index contributed by atoms with van der Waals surface area (Å²) < 4.78 is 5.01. The summed E-state index contributed by atoms with van der Waals surface area (Å²) in [5, 5.41) is 4.95. The van der Waals surface area contributed by atoms with Crippen molar-refractivity contribution < 1.29 is 0 Å². The minimum atomic E-state index is -0.0559. The summed E-state index contributed by atoms with van der Waals surface area (Å²) in [4.78, 5) is 9.69. The third-order valence-corrected chi connectivity index (χ3v) is 19.8. The van der Waals surface area contributed by atoms with E-state index in [9.17, 15) is 0 Å². The Balaban J connectivity index is 0.995. The summed E-state index contributed by atoms with van der Waals surface area (Å²) in [5.74, 6) is 0. The molecule has 0 amide bonds. The van der Waals surface area contributed by atoms with Crippen LogP contribution in [0, 0.1) is 0 Å². The van der Waals surface area contributed by atoms with Gasteiger partial charge >= 0.3 is 0 Å². The lowest BCUT2D eigenvalue weighted by atomic mass is 9.85. The van der Waals surface area contributed by atoms with E-state index in [0.717, 1.165) is 102 Å².